The van der Waals surface area contributed by atoms with Gasteiger partial charge >= 0.3 is 11.9 Å². The maximum atomic E-state index is 12.7. The van der Waals surface area contributed by atoms with E-state index in [1.165, 1.54) is 20.0 Å². The number of carbonyl (C=O) groups is 3. The number of piperazine rings is 1. The van der Waals surface area contributed by atoms with Gasteiger partial charge in [-0.1, -0.05) is 20.8 Å². The van der Waals surface area contributed by atoms with Crippen molar-refractivity contribution in [3.8, 4) is 11.3 Å². The molecular formula is C26H31N7O5. The van der Waals surface area contributed by atoms with E-state index in [2.05, 4.69) is 41.4 Å². The fraction of sp³-hybridized carbons (Fsp3) is 0.462. The van der Waals surface area contributed by atoms with Crippen LogP contribution in [0, 0.1) is 5.41 Å². The third kappa shape index (κ3) is 4.14. The highest BCUT2D eigenvalue weighted by Crippen LogP contribution is 2.50. The van der Waals surface area contributed by atoms with Gasteiger partial charge in [-0.05, 0) is 30.9 Å². The zero-order chi connectivity index (χ0) is 27.4. The second-order valence-corrected chi connectivity index (χ2v) is 10.9. The Labute approximate surface area is 219 Å². The molecule has 38 heavy (non-hydrogen) atoms. The quantitative estimate of drug-likeness (QED) is 0.411. The second-order valence-electron chi connectivity index (χ2n) is 10.9. The lowest BCUT2D eigenvalue weighted by molar-refractivity contribution is -0.150. The zero-order valence-electron chi connectivity index (χ0n) is 21.9. The minimum Gasteiger partial charge on any atom is -0.480 e. The summed E-state index contributed by atoms with van der Waals surface area (Å²) >= 11 is 0. The van der Waals surface area contributed by atoms with E-state index in [0.717, 1.165) is 0 Å². The number of pyridine rings is 1. The lowest BCUT2D eigenvalue weighted by Crippen LogP contribution is -2.67. The Balaban J connectivity index is 1.55. The number of carbonyl (C=O) groups excluding carboxylic acids is 2. The number of anilines is 2. The molecule has 200 valence electrons. The molecule has 0 aromatic carbocycles. The van der Waals surface area contributed by atoms with Crippen LogP contribution in [0.4, 0.5) is 11.8 Å². The number of rotatable bonds is 6. The van der Waals surface area contributed by atoms with E-state index in [0.29, 0.717) is 35.8 Å². The van der Waals surface area contributed by atoms with Gasteiger partial charge in [0.05, 0.1) is 11.2 Å². The average Bonchev–Trinajstić information content (AvgIpc) is 3.57. The molecule has 2 fully saturated rings. The summed E-state index contributed by atoms with van der Waals surface area (Å²) < 4.78 is 6.74. The number of hydrogen-bond acceptors (Lipinski definition) is 9. The molecule has 3 aromatic heterocycles. The van der Waals surface area contributed by atoms with Crippen molar-refractivity contribution in [3.05, 3.63) is 36.8 Å². The first-order chi connectivity index (χ1) is 17.9. The normalized spacial score (nSPS) is 23.4. The van der Waals surface area contributed by atoms with E-state index in [1.807, 2.05) is 4.90 Å². The predicted octanol–water partition coefficient (Wildman–Crippen LogP) is 2.10. The number of nitrogens with one attached hydrogen (secondary N) is 2. The van der Waals surface area contributed by atoms with Crippen LogP contribution in [0.1, 0.15) is 41.0 Å². The van der Waals surface area contributed by atoms with Crippen molar-refractivity contribution in [2.75, 3.05) is 16.8 Å². The summed E-state index contributed by atoms with van der Waals surface area (Å²) in [5.74, 6) is -1.23. The van der Waals surface area contributed by atoms with E-state index < -0.39 is 35.5 Å². The first-order valence-corrected chi connectivity index (χ1v) is 12.5. The van der Waals surface area contributed by atoms with Crippen molar-refractivity contribution in [3.63, 3.8) is 0 Å². The van der Waals surface area contributed by atoms with E-state index in [-0.39, 0.29) is 17.3 Å². The maximum Gasteiger partial charge on any atom is 0.328 e. The molecule has 2 bridgehead atoms. The van der Waals surface area contributed by atoms with Gasteiger partial charge in [-0.25, -0.2) is 19.7 Å². The van der Waals surface area contributed by atoms with Crippen LogP contribution in [0.15, 0.2) is 36.8 Å². The minimum absolute atomic E-state index is 0.0567. The van der Waals surface area contributed by atoms with Gasteiger partial charge in [0.2, 0.25) is 5.95 Å². The molecule has 1 amide bonds. The molecule has 3 unspecified atom stereocenters. The van der Waals surface area contributed by atoms with Gasteiger partial charge in [-0.3, -0.25) is 14.0 Å². The van der Waals surface area contributed by atoms with Crippen molar-refractivity contribution in [1.82, 2.24) is 24.7 Å². The van der Waals surface area contributed by atoms with Gasteiger partial charge in [0.15, 0.2) is 6.10 Å². The minimum atomic E-state index is -0.980. The van der Waals surface area contributed by atoms with Gasteiger partial charge in [-0.15, -0.1) is 0 Å². The van der Waals surface area contributed by atoms with E-state index in [9.17, 15) is 19.5 Å². The molecular weight excluding hydrogens is 490 g/mol. The monoisotopic (exact) mass is 521 g/mol. The molecule has 12 nitrogen and oxygen atoms in total. The predicted molar refractivity (Wildman–Crippen MR) is 139 cm³/mol. The molecule has 5 rings (SSSR count). The largest absolute Gasteiger partial charge is 0.480 e. The topological polar surface area (TPSA) is 151 Å². The third-order valence-electron chi connectivity index (χ3n) is 7.54. The van der Waals surface area contributed by atoms with Crippen LogP contribution in [-0.4, -0.2) is 72.6 Å². The summed E-state index contributed by atoms with van der Waals surface area (Å²) in [6, 6.07) is 4.32. The number of nitrogens with zero attached hydrogens (tertiary/aromatic N) is 5. The number of hydrogen-bond donors (Lipinski definition) is 3. The third-order valence-corrected chi connectivity index (χ3v) is 7.54. The highest BCUT2D eigenvalue weighted by molar-refractivity contribution is 5.94. The van der Waals surface area contributed by atoms with Crippen molar-refractivity contribution in [2.45, 2.75) is 64.8 Å². The molecule has 0 saturated carbocycles. The summed E-state index contributed by atoms with van der Waals surface area (Å²) in [6.07, 6.45) is 4.67. The summed E-state index contributed by atoms with van der Waals surface area (Å²) in [5.41, 5.74) is 0.880. The second kappa shape index (κ2) is 9.05. The van der Waals surface area contributed by atoms with E-state index >= 15 is 0 Å². The van der Waals surface area contributed by atoms with Crippen molar-refractivity contribution in [1.29, 1.82) is 0 Å². The van der Waals surface area contributed by atoms with Crippen LogP contribution in [0.2, 0.25) is 0 Å². The number of aliphatic carboxylic acids is 1. The molecule has 2 aliphatic heterocycles. The molecule has 3 aromatic rings. The molecule has 0 radical (unpaired) electrons. The van der Waals surface area contributed by atoms with Crippen LogP contribution in [0.25, 0.3) is 16.9 Å². The number of amides is 1. The molecule has 3 N–H and O–H groups in total. The number of imidazole rings is 1. The van der Waals surface area contributed by atoms with Crippen molar-refractivity contribution >= 4 is 35.3 Å². The number of carboxylic acid groups (broad SMARTS) is 1. The van der Waals surface area contributed by atoms with Gasteiger partial charge < -0.3 is 25.4 Å². The lowest BCUT2D eigenvalue weighted by atomic mass is 9.69. The van der Waals surface area contributed by atoms with E-state index in [1.54, 1.807) is 35.0 Å². The lowest BCUT2D eigenvalue weighted by Gasteiger charge is -2.47. The van der Waals surface area contributed by atoms with Crippen LogP contribution in [0.5, 0.6) is 0 Å². The number of ether oxygens (including phenoxy) is 1. The Morgan fingerprint density at radius 2 is 2.00 bits per heavy atom. The molecule has 4 atom stereocenters. The SMILES string of the molecule is CC(=O)O[C@@H](C)C(=O)Nc1cc(-c2cc3nccn3c(N3C4CNC(C(C)(C)C)(C4)C3C(=O)O)n2)ccn1. The summed E-state index contributed by atoms with van der Waals surface area (Å²) in [6.45, 7) is 9.55. The van der Waals surface area contributed by atoms with Crippen LogP contribution < -0.4 is 15.5 Å². The summed E-state index contributed by atoms with van der Waals surface area (Å²) in [5, 5.41) is 16.6. The van der Waals surface area contributed by atoms with Crippen LogP contribution in [0.3, 0.4) is 0 Å². The van der Waals surface area contributed by atoms with Crippen LogP contribution in [-0.2, 0) is 19.1 Å². The van der Waals surface area contributed by atoms with Crippen molar-refractivity contribution < 1.29 is 24.2 Å². The number of aromatic nitrogens is 4. The maximum absolute atomic E-state index is 12.7. The molecule has 0 aliphatic carbocycles. The molecule has 5 heterocycles. The zero-order valence-corrected chi connectivity index (χ0v) is 21.9. The Kier molecular flexibility index (Phi) is 6.09. The summed E-state index contributed by atoms with van der Waals surface area (Å²) in [7, 11) is 0. The molecule has 2 saturated heterocycles. The summed E-state index contributed by atoms with van der Waals surface area (Å²) in [4.78, 5) is 51.8. The standard InChI is InChI=1S/C26H31N7O5/c1-14(38-15(2)34)22(35)31-19-10-16(6-7-27-19)18-11-20-28-8-9-32(20)24(30-18)33-17-12-26(29-13-17,25(3,4)5)21(33)23(36)37/h6-11,14,17,21,29H,12-13H2,1-5H3,(H,36,37)(H,27,31,35)/t14-,17?,21?,26?/m0/s1. The number of fused-ring (bicyclic) bond motifs is 3. The Morgan fingerprint density at radius 1 is 1.24 bits per heavy atom. The smallest absolute Gasteiger partial charge is 0.328 e. The molecule has 2 aliphatic rings. The number of carboxylic acids is 1. The first-order valence-electron chi connectivity index (χ1n) is 12.5. The number of esters is 1. The highest BCUT2D eigenvalue weighted by Gasteiger charge is 2.65. The van der Waals surface area contributed by atoms with Gasteiger partial charge in [0.1, 0.15) is 17.5 Å². The fourth-order valence-electron chi connectivity index (χ4n) is 5.68. The van der Waals surface area contributed by atoms with Gasteiger partial charge in [-0.2, -0.15) is 0 Å². The Morgan fingerprint density at radius 3 is 2.68 bits per heavy atom. The molecule has 0 spiro atoms. The average molecular weight is 522 g/mol. The fourth-order valence-corrected chi connectivity index (χ4v) is 5.68. The van der Waals surface area contributed by atoms with Crippen molar-refractivity contribution in [2.24, 2.45) is 5.41 Å². The first kappa shape index (κ1) is 25.6. The van der Waals surface area contributed by atoms with Gasteiger partial charge in [0.25, 0.3) is 5.91 Å². The Hall–Kier alpha value is -4.06. The van der Waals surface area contributed by atoms with Crippen LogP contribution >= 0.6 is 0 Å². The van der Waals surface area contributed by atoms with Gasteiger partial charge in [0, 0.05) is 49.7 Å². The van der Waals surface area contributed by atoms with E-state index in [4.69, 9.17) is 9.72 Å². The Bertz CT molecular complexity index is 1430. The molecule has 12 heteroatoms. The highest BCUT2D eigenvalue weighted by atomic mass is 16.5.